The van der Waals surface area contributed by atoms with E-state index in [1.54, 1.807) is 42.7 Å². The van der Waals surface area contributed by atoms with Crippen LogP contribution in [0.1, 0.15) is 15.9 Å². The molecule has 0 aliphatic rings. The van der Waals surface area contributed by atoms with Crippen LogP contribution in [0.2, 0.25) is 0 Å². The summed E-state index contributed by atoms with van der Waals surface area (Å²) >= 11 is 0. The highest BCUT2D eigenvalue weighted by atomic mass is 16.5. The summed E-state index contributed by atoms with van der Waals surface area (Å²) in [4.78, 5) is 16.5. The number of methoxy groups -OCH3 is 2. The van der Waals surface area contributed by atoms with Gasteiger partial charge in [-0.2, -0.15) is 0 Å². The van der Waals surface area contributed by atoms with Crippen molar-refractivity contribution in [2.75, 3.05) is 24.9 Å². The Morgan fingerprint density at radius 2 is 1.70 bits per heavy atom. The van der Waals surface area contributed by atoms with Crippen molar-refractivity contribution in [2.24, 2.45) is 0 Å². The van der Waals surface area contributed by atoms with Gasteiger partial charge in [-0.15, -0.1) is 10.2 Å². The Balaban J connectivity index is 1.63. The van der Waals surface area contributed by atoms with Gasteiger partial charge in [-0.25, -0.2) is 0 Å². The number of rotatable bonds is 7. The summed E-state index contributed by atoms with van der Waals surface area (Å²) < 4.78 is 10.4. The largest absolute Gasteiger partial charge is 0.497 e. The lowest BCUT2D eigenvalue weighted by molar-refractivity contribution is 0.102. The van der Waals surface area contributed by atoms with Gasteiger partial charge in [0, 0.05) is 30.6 Å². The number of ether oxygens (including phenoxy) is 2. The van der Waals surface area contributed by atoms with E-state index in [2.05, 4.69) is 25.8 Å². The van der Waals surface area contributed by atoms with Crippen LogP contribution in [0.4, 0.5) is 11.6 Å². The Labute approximate surface area is 156 Å². The number of anilines is 2. The van der Waals surface area contributed by atoms with Gasteiger partial charge < -0.3 is 20.1 Å². The van der Waals surface area contributed by atoms with Crippen LogP contribution < -0.4 is 20.1 Å². The smallest absolute Gasteiger partial charge is 0.257 e. The zero-order valence-corrected chi connectivity index (χ0v) is 15.0. The minimum Gasteiger partial charge on any atom is -0.497 e. The highest BCUT2D eigenvalue weighted by molar-refractivity contribution is 6.04. The van der Waals surface area contributed by atoms with Crippen LogP contribution in [0.3, 0.4) is 0 Å². The molecule has 27 heavy (non-hydrogen) atoms. The average molecular weight is 365 g/mol. The molecule has 138 valence electrons. The highest BCUT2D eigenvalue weighted by Crippen LogP contribution is 2.23. The van der Waals surface area contributed by atoms with Gasteiger partial charge in [0.1, 0.15) is 17.3 Å². The SMILES string of the molecule is COc1cc(OC)cc(C(=O)Nc2ccc(NCc3cccnc3)nn2)c1. The number of benzene rings is 1. The van der Waals surface area contributed by atoms with Gasteiger partial charge in [-0.1, -0.05) is 6.07 Å². The van der Waals surface area contributed by atoms with Gasteiger partial charge in [0.05, 0.1) is 14.2 Å². The fourth-order valence-electron chi connectivity index (χ4n) is 2.32. The van der Waals surface area contributed by atoms with Crippen LogP contribution >= 0.6 is 0 Å². The number of nitrogens with one attached hydrogen (secondary N) is 2. The highest BCUT2D eigenvalue weighted by Gasteiger charge is 2.11. The van der Waals surface area contributed by atoms with Gasteiger partial charge in [0.2, 0.25) is 0 Å². The first-order valence-electron chi connectivity index (χ1n) is 8.19. The van der Waals surface area contributed by atoms with Crippen molar-refractivity contribution in [3.8, 4) is 11.5 Å². The zero-order valence-electron chi connectivity index (χ0n) is 15.0. The van der Waals surface area contributed by atoms with Crippen LogP contribution in [-0.4, -0.2) is 35.3 Å². The topological polar surface area (TPSA) is 98.3 Å². The predicted molar refractivity (Wildman–Crippen MR) is 101 cm³/mol. The van der Waals surface area contributed by atoms with Crippen LogP contribution in [0, 0.1) is 0 Å². The number of pyridine rings is 1. The molecule has 3 aromatic rings. The molecule has 0 unspecified atom stereocenters. The third kappa shape index (κ3) is 4.91. The van der Waals surface area contributed by atoms with Gasteiger partial charge in [-0.3, -0.25) is 9.78 Å². The molecule has 0 radical (unpaired) electrons. The summed E-state index contributed by atoms with van der Waals surface area (Å²) in [5, 5.41) is 13.9. The van der Waals surface area contributed by atoms with E-state index >= 15 is 0 Å². The van der Waals surface area contributed by atoms with Crippen LogP contribution in [0.15, 0.2) is 54.9 Å². The monoisotopic (exact) mass is 365 g/mol. The number of carbonyl (C=O) groups excluding carboxylic acids is 1. The molecule has 8 heteroatoms. The molecule has 0 aliphatic carbocycles. The molecule has 2 N–H and O–H groups in total. The Kier molecular flexibility index (Phi) is 5.78. The van der Waals surface area contributed by atoms with Gasteiger partial charge in [0.25, 0.3) is 5.91 Å². The number of nitrogens with zero attached hydrogens (tertiary/aromatic N) is 3. The molecule has 0 spiro atoms. The molecule has 1 aromatic carbocycles. The van der Waals surface area contributed by atoms with Crippen molar-refractivity contribution in [2.45, 2.75) is 6.54 Å². The van der Waals surface area contributed by atoms with Crippen molar-refractivity contribution in [1.29, 1.82) is 0 Å². The minimum atomic E-state index is -0.336. The summed E-state index contributed by atoms with van der Waals surface area (Å²) in [6.45, 7) is 0.581. The van der Waals surface area contributed by atoms with Gasteiger partial charge in [-0.05, 0) is 35.9 Å². The van der Waals surface area contributed by atoms with Crippen LogP contribution in [0.25, 0.3) is 0 Å². The number of hydrogen-bond donors (Lipinski definition) is 2. The molecule has 2 aromatic heterocycles. The van der Waals surface area contributed by atoms with Gasteiger partial charge in [0.15, 0.2) is 5.82 Å². The third-order valence-electron chi connectivity index (χ3n) is 3.72. The number of hydrogen-bond acceptors (Lipinski definition) is 7. The fourth-order valence-corrected chi connectivity index (χ4v) is 2.32. The second-order valence-corrected chi connectivity index (χ2v) is 5.57. The molecular formula is C19H19N5O3. The fraction of sp³-hybridized carbons (Fsp3) is 0.158. The zero-order chi connectivity index (χ0) is 19.1. The number of amides is 1. The van der Waals surface area contributed by atoms with Crippen molar-refractivity contribution < 1.29 is 14.3 Å². The van der Waals surface area contributed by atoms with E-state index < -0.39 is 0 Å². The van der Waals surface area contributed by atoms with E-state index in [-0.39, 0.29) is 5.91 Å². The summed E-state index contributed by atoms with van der Waals surface area (Å²) in [6, 6.07) is 12.2. The first-order chi connectivity index (χ1) is 13.2. The molecule has 0 aliphatic heterocycles. The summed E-state index contributed by atoms with van der Waals surface area (Å²) in [7, 11) is 3.05. The predicted octanol–water partition coefficient (Wildman–Crippen LogP) is 2.75. The molecule has 0 saturated carbocycles. The third-order valence-corrected chi connectivity index (χ3v) is 3.72. The first kappa shape index (κ1) is 18.1. The van der Waals surface area contributed by atoms with E-state index in [4.69, 9.17) is 9.47 Å². The first-order valence-corrected chi connectivity index (χ1v) is 8.19. The van der Waals surface area contributed by atoms with Crippen molar-refractivity contribution in [3.05, 3.63) is 66.0 Å². The maximum atomic E-state index is 12.4. The molecule has 2 heterocycles. The van der Waals surface area contributed by atoms with E-state index in [0.717, 1.165) is 5.56 Å². The van der Waals surface area contributed by atoms with Gasteiger partial charge >= 0.3 is 0 Å². The summed E-state index contributed by atoms with van der Waals surface area (Å²) in [5.41, 5.74) is 1.43. The summed E-state index contributed by atoms with van der Waals surface area (Å²) in [5.74, 6) is 1.66. The second-order valence-electron chi connectivity index (χ2n) is 5.57. The lowest BCUT2D eigenvalue weighted by atomic mass is 10.2. The van der Waals surface area contributed by atoms with Crippen molar-refractivity contribution in [1.82, 2.24) is 15.2 Å². The molecule has 0 saturated heterocycles. The maximum Gasteiger partial charge on any atom is 0.257 e. The quantitative estimate of drug-likeness (QED) is 0.664. The molecule has 0 bridgehead atoms. The Morgan fingerprint density at radius 1 is 1.00 bits per heavy atom. The van der Waals surface area contributed by atoms with E-state index in [0.29, 0.717) is 35.2 Å². The Morgan fingerprint density at radius 3 is 2.30 bits per heavy atom. The normalized spacial score (nSPS) is 10.1. The van der Waals surface area contributed by atoms with Crippen molar-refractivity contribution in [3.63, 3.8) is 0 Å². The van der Waals surface area contributed by atoms with Crippen LogP contribution in [0.5, 0.6) is 11.5 Å². The minimum absolute atomic E-state index is 0.336. The Bertz CT molecular complexity index is 879. The second kappa shape index (κ2) is 8.61. The van der Waals surface area contributed by atoms with E-state index in [9.17, 15) is 4.79 Å². The molecular weight excluding hydrogens is 346 g/mol. The molecule has 1 amide bonds. The lowest BCUT2D eigenvalue weighted by Crippen LogP contribution is -2.14. The molecule has 0 fully saturated rings. The van der Waals surface area contributed by atoms with E-state index in [1.807, 2.05) is 12.1 Å². The average Bonchev–Trinajstić information content (AvgIpc) is 2.73. The maximum absolute atomic E-state index is 12.4. The molecule has 0 atom stereocenters. The lowest BCUT2D eigenvalue weighted by Gasteiger charge is -2.09. The molecule has 3 rings (SSSR count). The molecule has 8 nitrogen and oxygen atoms in total. The number of carbonyl (C=O) groups is 1. The Hall–Kier alpha value is -3.68. The van der Waals surface area contributed by atoms with Crippen LogP contribution in [-0.2, 0) is 6.54 Å². The summed E-state index contributed by atoms with van der Waals surface area (Å²) in [6.07, 6.45) is 3.50. The van der Waals surface area contributed by atoms with Crippen molar-refractivity contribution >= 4 is 17.5 Å². The number of aromatic nitrogens is 3. The standard InChI is InChI=1S/C19H19N5O3/c1-26-15-8-14(9-16(10-15)27-2)19(25)22-18-6-5-17(23-24-18)21-12-13-4-3-7-20-11-13/h3-11H,12H2,1-2H3,(H,21,23)(H,22,24,25). The van der Waals surface area contributed by atoms with E-state index in [1.165, 1.54) is 14.2 Å².